The summed E-state index contributed by atoms with van der Waals surface area (Å²) in [5.41, 5.74) is -0.419. The van der Waals surface area contributed by atoms with Crippen LogP contribution in [0.2, 0.25) is 5.02 Å². The van der Waals surface area contributed by atoms with Crippen molar-refractivity contribution in [2.24, 2.45) is 0 Å². The fourth-order valence-electron chi connectivity index (χ4n) is 1.39. The van der Waals surface area contributed by atoms with E-state index in [2.05, 4.69) is 11.9 Å². The van der Waals surface area contributed by atoms with Crippen molar-refractivity contribution in [3.05, 3.63) is 41.4 Å². The van der Waals surface area contributed by atoms with Crippen molar-refractivity contribution in [3.63, 3.8) is 0 Å². The monoisotopic (exact) mass is 304 g/mol. The van der Waals surface area contributed by atoms with Crippen LogP contribution in [0.25, 0.3) is 0 Å². The van der Waals surface area contributed by atoms with Crippen LogP contribution in [0.1, 0.15) is 0 Å². The quantitative estimate of drug-likeness (QED) is 0.822. The fraction of sp³-hybridized carbons (Fsp3) is 0.167. The van der Waals surface area contributed by atoms with Gasteiger partial charge in [0, 0.05) is 12.6 Å². The van der Waals surface area contributed by atoms with Gasteiger partial charge in [0.1, 0.15) is 12.4 Å². The summed E-state index contributed by atoms with van der Waals surface area (Å²) in [6.07, 6.45) is 1.31. The number of carboxylic acid groups (broad SMARTS) is 1. The van der Waals surface area contributed by atoms with Gasteiger partial charge in [0.15, 0.2) is 5.82 Å². The van der Waals surface area contributed by atoms with Gasteiger partial charge in [-0.2, -0.15) is 0 Å². The SMILES string of the molecule is C=CCN(CC(=O)O)C(=O)Nc1c(F)cc(F)cc1Cl. The molecule has 1 rings (SSSR count). The maximum absolute atomic E-state index is 13.5. The fourth-order valence-corrected chi connectivity index (χ4v) is 1.63. The predicted molar refractivity (Wildman–Crippen MR) is 69.8 cm³/mol. The summed E-state index contributed by atoms with van der Waals surface area (Å²) in [4.78, 5) is 23.3. The summed E-state index contributed by atoms with van der Waals surface area (Å²) in [6, 6.07) is 0.492. The molecule has 0 radical (unpaired) electrons. The lowest BCUT2D eigenvalue weighted by Crippen LogP contribution is -2.39. The second-order valence-electron chi connectivity index (χ2n) is 3.74. The van der Waals surface area contributed by atoms with Gasteiger partial charge in [-0.05, 0) is 6.07 Å². The van der Waals surface area contributed by atoms with Crippen LogP contribution in [0.5, 0.6) is 0 Å². The van der Waals surface area contributed by atoms with Gasteiger partial charge in [0.25, 0.3) is 0 Å². The van der Waals surface area contributed by atoms with Gasteiger partial charge < -0.3 is 15.3 Å². The van der Waals surface area contributed by atoms with Crippen molar-refractivity contribution < 1.29 is 23.5 Å². The number of benzene rings is 1. The zero-order valence-electron chi connectivity index (χ0n) is 10.2. The molecule has 0 aliphatic rings. The molecule has 5 nitrogen and oxygen atoms in total. The molecule has 0 aromatic heterocycles. The molecule has 2 amide bonds. The number of carbonyl (C=O) groups is 2. The van der Waals surface area contributed by atoms with Crippen LogP contribution in [0.15, 0.2) is 24.8 Å². The highest BCUT2D eigenvalue weighted by Crippen LogP contribution is 2.26. The maximum atomic E-state index is 13.5. The Balaban J connectivity index is 2.93. The molecule has 0 saturated heterocycles. The van der Waals surface area contributed by atoms with E-state index in [0.29, 0.717) is 6.07 Å². The maximum Gasteiger partial charge on any atom is 0.323 e. The van der Waals surface area contributed by atoms with Crippen molar-refractivity contribution in [2.45, 2.75) is 0 Å². The lowest BCUT2D eigenvalue weighted by Gasteiger charge is -2.20. The molecule has 0 bridgehead atoms. The van der Waals surface area contributed by atoms with Gasteiger partial charge in [0.05, 0.1) is 10.7 Å². The molecule has 0 fully saturated rings. The van der Waals surface area contributed by atoms with Crippen molar-refractivity contribution in [3.8, 4) is 0 Å². The zero-order chi connectivity index (χ0) is 15.3. The van der Waals surface area contributed by atoms with E-state index in [1.54, 1.807) is 0 Å². The Labute approximate surface area is 118 Å². The van der Waals surface area contributed by atoms with Gasteiger partial charge in [0.2, 0.25) is 0 Å². The van der Waals surface area contributed by atoms with E-state index in [4.69, 9.17) is 16.7 Å². The Morgan fingerprint density at radius 3 is 2.60 bits per heavy atom. The van der Waals surface area contributed by atoms with Crippen molar-refractivity contribution >= 4 is 29.3 Å². The summed E-state index contributed by atoms with van der Waals surface area (Å²) in [5.74, 6) is -3.19. The number of hydrogen-bond acceptors (Lipinski definition) is 2. The molecule has 0 atom stereocenters. The second kappa shape index (κ2) is 6.85. The van der Waals surface area contributed by atoms with E-state index >= 15 is 0 Å². The Hall–Kier alpha value is -2.15. The number of urea groups is 1. The number of aliphatic carboxylic acids is 1. The Bertz CT molecular complexity index is 528. The van der Waals surface area contributed by atoms with Gasteiger partial charge >= 0.3 is 12.0 Å². The minimum absolute atomic E-state index is 0.0570. The van der Waals surface area contributed by atoms with Crippen LogP contribution < -0.4 is 5.32 Å². The van der Waals surface area contributed by atoms with Gasteiger partial charge in [-0.3, -0.25) is 4.79 Å². The number of anilines is 1. The van der Waals surface area contributed by atoms with Crippen LogP contribution in [0.4, 0.5) is 19.3 Å². The summed E-state index contributed by atoms with van der Waals surface area (Å²) < 4.78 is 26.3. The number of carboxylic acids is 1. The van der Waals surface area contributed by atoms with Gasteiger partial charge in [-0.15, -0.1) is 6.58 Å². The third-order valence-corrected chi connectivity index (χ3v) is 2.50. The summed E-state index contributed by atoms with van der Waals surface area (Å²) >= 11 is 5.62. The lowest BCUT2D eigenvalue weighted by molar-refractivity contribution is -0.137. The van der Waals surface area contributed by atoms with Crippen molar-refractivity contribution in [1.29, 1.82) is 0 Å². The van der Waals surface area contributed by atoms with Crippen LogP contribution >= 0.6 is 11.6 Å². The van der Waals surface area contributed by atoms with Crippen LogP contribution in [0, 0.1) is 11.6 Å². The largest absolute Gasteiger partial charge is 0.480 e. The van der Waals surface area contributed by atoms with Gasteiger partial charge in [-0.25, -0.2) is 13.6 Å². The molecule has 20 heavy (non-hydrogen) atoms. The molecule has 1 aromatic rings. The highest BCUT2D eigenvalue weighted by atomic mass is 35.5. The topological polar surface area (TPSA) is 69.6 Å². The normalized spacial score (nSPS) is 9.95. The van der Waals surface area contributed by atoms with E-state index in [0.717, 1.165) is 11.0 Å². The average Bonchev–Trinajstić information content (AvgIpc) is 2.32. The number of nitrogens with zero attached hydrogens (tertiary/aromatic N) is 1. The minimum atomic E-state index is -1.24. The lowest BCUT2D eigenvalue weighted by atomic mass is 10.3. The van der Waals surface area contributed by atoms with E-state index in [1.807, 2.05) is 0 Å². The molecule has 8 heteroatoms. The first-order valence-corrected chi connectivity index (χ1v) is 5.76. The Kier molecular flexibility index (Phi) is 5.45. The minimum Gasteiger partial charge on any atom is -0.480 e. The predicted octanol–water partition coefficient (Wildman–Crippen LogP) is 2.72. The number of carbonyl (C=O) groups excluding carboxylic acids is 1. The molecule has 0 spiro atoms. The highest BCUT2D eigenvalue weighted by molar-refractivity contribution is 6.33. The first kappa shape index (κ1) is 15.9. The smallest absolute Gasteiger partial charge is 0.323 e. The molecule has 0 heterocycles. The molecular formula is C12H11ClF2N2O3. The average molecular weight is 305 g/mol. The number of nitrogens with one attached hydrogen (secondary N) is 1. The van der Waals surface area contributed by atoms with Crippen molar-refractivity contribution in [1.82, 2.24) is 4.90 Å². The second-order valence-corrected chi connectivity index (χ2v) is 4.14. The highest BCUT2D eigenvalue weighted by Gasteiger charge is 2.19. The summed E-state index contributed by atoms with van der Waals surface area (Å²) in [5, 5.41) is 10.4. The van der Waals surface area contributed by atoms with E-state index < -0.39 is 35.9 Å². The van der Waals surface area contributed by atoms with Crippen LogP contribution in [-0.4, -0.2) is 35.1 Å². The van der Waals surface area contributed by atoms with E-state index in [1.165, 1.54) is 6.08 Å². The zero-order valence-corrected chi connectivity index (χ0v) is 11.0. The molecule has 108 valence electrons. The molecule has 1 aromatic carbocycles. The van der Waals surface area contributed by atoms with Crippen molar-refractivity contribution in [2.75, 3.05) is 18.4 Å². The molecule has 0 unspecified atom stereocenters. The summed E-state index contributed by atoms with van der Waals surface area (Å²) in [6.45, 7) is 2.72. The van der Waals surface area contributed by atoms with Crippen LogP contribution in [-0.2, 0) is 4.79 Å². The standard InChI is InChI=1S/C12H11ClF2N2O3/c1-2-3-17(6-10(18)19)12(20)16-11-8(13)4-7(14)5-9(11)15/h2,4-5H,1,3,6H2,(H,16,20)(H,18,19). The Morgan fingerprint density at radius 1 is 1.45 bits per heavy atom. The molecular weight excluding hydrogens is 294 g/mol. The van der Waals surface area contributed by atoms with E-state index in [9.17, 15) is 18.4 Å². The molecule has 0 aliphatic heterocycles. The Morgan fingerprint density at radius 2 is 2.10 bits per heavy atom. The molecule has 2 N–H and O–H groups in total. The third kappa shape index (κ3) is 4.20. The molecule has 0 saturated carbocycles. The number of rotatable bonds is 5. The third-order valence-electron chi connectivity index (χ3n) is 2.20. The number of amides is 2. The number of halogens is 3. The number of hydrogen-bond donors (Lipinski definition) is 2. The van der Waals surface area contributed by atoms with Gasteiger partial charge in [-0.1, -0.05) is 17.7 Å². The van der Waals surface area contributed by atoms with E-state index in [-0.39, 0.29) is 11.6 Å². The van der Waals surface area contributed by atoms with Crippen LogP contribution in [0.3, 0.4) is 0 Å². The molecule has 0 aliphatic carbocycles. The first-order chi connectivity index (χ1) is 9.35. The summed E-state index contributed by atoms with van der Waals surface area (Å²) in [7, 11) is 0. The first-order valence-electron chi connectivity index (χ1n) is 5.38.